The van der Waals surface area contributed by atoms with E-state index in [1.54, 1.807) is 18.3 Å². The molecule has 2 aromatic rings. The fourth-order valence-electron chi connectivity index (χ4n) is 1.71. The smallest absolute Gasteiger partial charge is 0.263 e. The molecule has 0 amide bonds. The Morgan fingerprint density at radius 3 is 2.90 bits per heavy atom. The van der Waals surface area contributed by atoms with Crippen LogP contribution in [0, 0.1) is 6.92 Å². The molecule has 0 saturated carbocycles. The molecule has 0 radical (unpaired) electrons. The molecule has 0 aliphatic heterocycles. The van der Waals surface area contributed by atoms with Crippen LogP contribution < -0.4 is 10.0 Å². The highest BCUT2D eigenvalue weighted by atomic mass is 32.2. The van der Waals surface area contributed by atoms with Crippen LogP contribution in [-0.2, 0) is 16.6 Å². The van der Waals surface area contributed by atoms with Crippen molar-refractivity contribution in [2.45, 2.75) is 25.3 Å². The maximum absolute atomic E-state index is 12.3. The molecule has 0 bridgehead atoms. The molecule has 0 saturated heterocycles. The summed E-state index contributed by atoms with van der Waals surface area (Å²) in [4.78, 5) is 7.09. The van der Waals surface area contributed by atoms with Gasteiger partial charge in [-0.1, -0.05) is 6.92 Å². The zero-order valence-corrected chi connectivity index (χ0v) is 12.3. The molecule has 2 aromatic heterocycles. The van der Waals surface area contributed by atoms with Crippen molar-refractivity contribution < 1.29 is 8.42 Å². The molecule has 6 nitrogen and oxygen atoms in total. The molecule has 0 spiro atoms. The second-order valence-electron chi connectivity index (χ2n) is 4.44. The summed E-state index contributed by atoms with van der Waals surface area (Å²) in [7, 11) is -3.59. The number of anilines is 1. The summed E-state index contributed by atoms with van der Waals surface area (Å²) in [6.45, 7) is 5.26. The molecule has 0 aliphatic carbocycles. The molecule has 2 heterocycles. The van der Waals surface area contributed by atoms with Gasteiger partial charge >= 0.3 is 0 Å². The molecule has 0 aromatic carbocycles. The number of hydrogen-bond donors (Lipinski definition) is 3. The van der Waals surface area contributed by atoms with E-state index in [-0.39, 0.29) is 4.90 Å². The summed E-state index contributed by atoms with van der Waals surface area (Å²) >= 11 is 0. The van der Waals surface area contributed by atoms with Crippen LogP contribution in [0.25, 0.3) is 0 Å². The highest BCUT2D eigenvalue weighted by molar-refractivity contribution is 7.92. The zero-order valence-electron chi connectivity index (χ0n) is 11.5. The summed E-state index contributed by atoms with van der Waals surface area (Å²) < 4.78 is 27.1. The molecule has 0 unspecified atom stereocenters. The van der Waals surface area contributed by atoms with Crippen LogP contribution in [0.5, 0.6) is 0 Å². The number of rotatable bonds is 6. The third-order valence-electron chi connectivity index (χ3n) is 2.88. The molecule has 7 heteroatoms. The first-order valence-electron chi connectivity index (χ1n) is 6.34. The topological polar surface area (TPSA) is 86.9 Å². The van der Waals surface area contributed by atoms with Gasteiger partial charge in [0.15, 0.2) is 0 Å². The number of H-pyrrole nitrogens is 1. The highest BCUT2D eigenvalue weighted by Gasteiger charge is 2.17. The lowest BCUT2D eigenvalue weighted by molar-refractivity contribution is 0.601. The van der Waals surface area contributed by atoms with Gasteiger partial charge in [-0.2, -0.15) is 0 Å². The zero-order chi connectivity index (χ0) is 14.6. The largest absolute Gasteiger partial charge is 0.363 e. The first-order valence-corrected chi connectivity index (χ1v) is 7.82. The molecule has 3 N–H and O–H groups in total. The molecule has 0 atom stereocenters. The van der Waals surface area contributed by atoms with E-state index in [9.17, 15) is 8.42 Å². The van der Waals surface area contributed by atoms with Gasteiger partial charge in [-0.15, -0.1) is 0 Å². The van der Waals surface area contributed by atoms with E-state index < -0.39 is 10.0 Å². The lowest BCUT2D eigenvalue weighted by Gasteiger charge is -2.08. The Labute approximate surface area is 118 Å². The summed E-state index contributed by atoms with van der Waals surface area (Å²) in [6.07, 6.45) is 4.61. The Morgan fingerprint density at radius 1 is 1.40 bits per heavy atom. The van der Waals surface area contributed by atoms with Crippen LogP contribution in [-0.4, -0.2) is 24.9 Å². The van der Waals surface area contributed by atoms with Crippen LogP contribution in [0.3, 0.4) is 0 Å². The number of nitrogens with zero attached hydrogens (tertiary/aromatic N) is 1. The first-order chi connectivity index (χ1) is 9.53. The van der Waals surface area contributed by atoms with E-state index in [1.807, 2.05) is 13.8 Å². The van der Waals surface area contributed by atoms with Gasteiger partial charge in [0, 0.05) is 24.6 Å². The Morgan fingerprint density at radius 2 is 2.20 bits per heavy atom. The maximum atomic E-state index is 12.3. The number of aromatic amines is 1. The van der Waals surface area contributed by atoms with E-state index in [0.717, 1.165) is 17.8 Å². The van der Waals surface area contributed by atoms with Gasteiger partial charge in [0.25, 0.3) is 10.0 Å². The number of sulfonamides is 1. The van der Waals surface area contributed by atoms with E-state index >= 15 is 0 Å². The number of pyridine rings is 1. The first kappa shape index (κ1) is 14.5. The van der Waals surface area contributed by atoms with E-state index in [4.69, 9.17) is 0 Å². The SMILES string of the molecule is CCNCc1cc(S(=O)(=O)Nc2cnccc2C)c[nH]1. The minimum Gasteiger partial charge on any atom is -0.363 e. The minimum absolute atomic E-state index is 0.216. The number of aromatic nitrogens is 2. The van der Waals surface area contributed by atoms with Crippen LogP contribution >= 0.6 is 0 Å². The van der Waals surface area contributed by atoms with Gasteiger partial charge in [0.1, 0.15) is 4.90 Å². The molecule has 108 valence electrons. The van der Waals surface area contributed by atoms with Crippen LogP contribution in [0.4, 0.5) is 5.69 Å². The van der Waals surface area contributed by atoms with Crippen molar-refractivity contribution in [3.63, 3.8) is 0 Å². The lowest BCUT2D eigenvalue weighted by atomic mass is 10.3. The lowest BCUT2D eigenvalue weighted by Crippen LogP contribution is -2.13. The van der Waals surface area contributed by atoms with Gasteiger partial charge in [-0.3, -0.25) is 9.71 Å². The third-order valence-corrected chi connectivity index (χ3v) is 4.22. The Balaban J connectivity index is 2.18. The molecule has 0 fully saturated rings. The van der Waals surface area contributed by atoms with Crippen molar-refractivity contribution in [3.05, 3.63) is 42.0 Å². The van der Waals surface area contributed by atoms with Crippen LogP contribution in [0.1, 0.15) is 18.2 Å². The van der Waals surface area contributed by atoms with Crippen molar-refractivity contribution in [1.29, 1.82) is 0 Å². The molecule has 2 rings (SSSR count). The highest BCUT2D eigenvalue weighted by Crippen LogP contribution is 2.18. The van der Waals surface area contributed by atoms with Crippen LogP contribution in [0.15, 0.2) is 35.6 Å². The molecular weight excluding hydrogens is 276 g/mol. The average molecular weight is 294 g/mol. The third kappa shape index (κ3) is 3.37. The Bertz CT molecular complexity index is 679. The monoisotopic (exact) mass is 294 g/mol. The standard InChI is InChI=1S/C13H18N4O2S/c1-3-14-7-11-6-12(8-16-11)20(18,19)17-13-9-15-5-4-10(13)2/h4-6,8-9,14,16-17H,3,7H2,1-2H3. The van der Waals surface area contributed by atoms with E-state index in [1.165, 1.54) is 12.4 Å². The number of nitrogens with one attached hydrogen (secondary N) is 3. The number of aryl methyl sites for hydroxylation is 1. The minimum atomic E-state index is -3.59. The van der Waals surface area contributed by atoms with Gasteiger partial charge in [-0.05, 0) is 31.2 Å². The number of hydrogen-bond acceptors (Lipinski definition) is 4. The van der Waals surface area contributed by atoms with Crippen molar-refractivity contribution >= 4 is 15.7 Å². The summed E-state index contributed by atoms with van der Waals surface area (Å²) in [5.74, 6) is 0. The Hall–Kier alpha value is -1.86. The van der Waals surface area contributed by atoms with Crippen molar-refractivity contribution in [2.24, 2.45) is 0 Å². The molecular formula is C13H18N4O2S. The Kier molecular flexibility index (Phi) is 4.41. The van der Waals surface area contributed by atoms with Gasteiger partial charge < -0.3 is 10.3 Å². The van der Waals surface area contributed by atoms with Crippen molar-refractivity contribution in [2.75, 3.05) is 11.3 Å². The fourth-order valence-corrected chi connectivity index (χ4v) is 2.84. The van der Waals surface area contributed by atoms with Crippen molar-refractivity contribution in [1.82, 2.24) is 15.3 Å². The van der Waals surface area contributed by atoms with Crippen molar-refractivity contribution in [3.8, 4) is 0 Å². The average Bonchev–Trinajstić information content (AvgIpc) is 2.88. The normalized spacial score (nSPS) is 11.5. The molecule has 20 heavy (non-hydrogen) atoms. The molecule has 0 aliphatic rings. The van der Waals surface area contributed by atoms with Gasteiger partial charge in [-0.25, -0.2) is 8.42 Å². The van der Waals surface area contributed by atoms with E-state index in [0.29, 0.717) is 12.2 Å². The predicted molar refractivity (Wildman–Crippen MR) is 78.0 cm³/mol. The van der Waals surface area contributed by atoms with Gasteiger partial charge in [0.2, 0.25) is 0 Å². The summed E-state index contributed by atoms with van der Waals surface area (Å²) in [5.41, 5.74) is 2.14. The predicted octanol–water partition coefficient (Wildman–Crippen LogP) is 1.63. The maximum Gasteiger partial charge on any atom is 0.263 e. The summed E-state index contributed by atoms with van der Waals surface area (Å²) in [6, 6.07) is 3.38. The van der Waals surface area contributed by atoms with Gasteiger partial charge in [0.05, 0.1) is 11.9 Å². The van der Waals surface area contributed by atoms with Crippen LogP contribution in [0.2, 0.25) is 0 Å². The summed E-state index contributed by atoms with van der Waals surface area (Å²) in [5, 5.41) is 3.13. The fraction of sp³-hybridized carbons (Fsp3) is 0.308. The van der Waals surface area contributed by atoms with E-state index in [2.05, 4.69) is 20.0 Å². The second-order valence-corrected chi connectivity index (χ2v) is 6.12. The second kappa shape index (κ2) is 6.06. The quantitative estimate of drug-likeness (QED) is 0.755.